The minimum Gasteiger partial charge on any atom is -0.460 e. The molecule has 2 amide bonds. The second-order valence-electron chi connectivity index (χ2n) is 8.68. The first-order chi connectivity index (χ1) is 12.8. The van der Waals surface area contributed by atoms with Crippen LogP contribution in [0.25, 0.3) is 0 Å². The van der Waals surface area contributed by atoms with Gasteiger partial charge in [0.2, 0.25) is 0 Å². The van der Waals surface area contributed by atoms with Gasteiger partial charge in [-0.2, -0.15) is 0 Å². The number of nitrogens with zero attached hydrogens (tertiary/aromatic N) is 2. The van der Waals surface area contributed by atoms with E-state index in [1.165, 1.54) is 12.2 Å². The number of ether oxygens (including phenoxy) is 2. The van der Waals surface area contributed by atoms with Crippen LogP contribution in [0.1, 0.15) is 54.4 Å². The van der Waals surface area contributed by atoms with Crippen molar-refractivity contribution in [2.75, 3.05) is 26.2 Å². The van der Waals surface area contributed by atoms with E-state index in [1.54, 1.807) is 41.5 Å². The van der Waals surface area contributed by atoms with Crippen molar-refractivity contribution in [2.24, 2.45) is 0 Å². The number of hydrogen-bond acceptors (Lipinski definition) is 7. The van der Waals surface area contributed by atoms with Gasteiger partial charge in [-0.15, -0.1) is 0 Å². The lowest BCUT2D eigenvalue weighted by Gasteiger charge is -2.26. The summed E-state index contributed by atoms with van der Waals surface area (Å²) in [6.45, 7) is 12.0. The third-order valence-corrected chi connectivity index (χ3v) is 3.64. The van der Waals surface area contributed by atoms with Gasteiger partial charge in [0.25, 0.3) is 11.8 Å². The van der Waals surface area contributed by atoms with Crippen molar-refractivity contribution in [1.82, 2.24) is 9.80 Å². The zero-order valence-corrected chi connectivity index (χ0v) is 17.7. The second-order valence-corrected chi connectivity index (χ2v) is 8.68. The van der Waals surface area contributed by atoms with Crippen molar-refractivity contribution < 1.29 is 28.7 Å². The van der Waals surface area contributed by atoms with Gasteiger partial charge in [-0.1, -0.05) is 0 Å². The van der Waals surface area contributed by atoms with Crippen LogP contribution in [0.3, 0.4) is 0 Å². The van der Waals surface area contributed by atoms with E-state index >= 15 is 0 Å². The molecule has 1 aliphatic rings. The molecule has 158 valence electrons. The van der Waals surface area contributed by atoms with E-state index in [-0.39, 0.29) is 43.1 Å². The minimum absolute atomic E-state index is 0.145. The maximum atomic E-state index is 12.0. The van der Waals surface area contributed by atoms with Crippen molar-refractivity contribution in [3.63, 3.8) is 0 Å². The van der Waals surface area contributed by atoms with E-state index in [0.717, 1.165) is 4.90 Å². The van der Waals surface area contributed by atoms with Gasteiger partial charge in [-0.05, 0) is 41.5 Å². The van der Waals surface area contributed by atoms with Crippen molar-refractivity contribution in [1.29, 1.82) is 0 Å². The highest BCUT2D eigenvalue weighted by Gasteiger charge is 2.25. The van der Waals surface area contributed by atoms with E-state index in [0.29, 0.717) is 19.6 Å². The van der Waals surface area contributed by atoms with Crippen LogP contribution in [0.5, 0.6) is 0 Å². The molecule has 0 spiro atoms. The molecule has 0 aliphatic carbocycles. The highest BCUT2D eigenvalue weighted by Crippen LogP contribution is 2.11. The predicted molar refractivity (Wildman–Crippen MR) is 103 cm³/mol. The van der Waals surface area contributed by atoms with Crippen LogP contribution in [-0.2, 0) is 28.7 Å². The maximum absolute atomic E-state index is 12.0. The lowest BCUT2D eigenvalue weighted by Crippen LogP contribution is -2.40. The Bertz CT molecular complexity index is 578. The number of rotatable bonds is 9. The molecule has 0 atom stereocenters. The van der Waals surface area contributed by atoms with Gasteiger partial charge >= 0.3 is 11.9 Å². The molecule has 0 fully saturated rings. The third-order valence-electron chi connectivity index (χ3n) is 3.64. The summed E-state index contributed by atoms with van der Waals surface area (Å²) in [5.41, 5.74) is -1.14. The Hall–Kier alpha value is -2.22. The molecule has 0 unspecified atom stereocenters. The highest BCUT2D eigenvalue weighted by atomic mass is 16.6. The van der Waals surface area contributed by atoms with Crippen molar-refractivity contribution in [3.05, 3.63) is 12.2 Å². The van der Waals surface area contributed by atoms with E-state index in [9.17, 15) is 19.2 Å². The first-order valence-electron chi connectivity index (χ1n) is 9.46. The quantitative estimate of drug-likeness (QED) is 0.432. The maximum Gasteiger partial charge on any atom is 0.307 e. The predicted octanol–water partition coefficient (Wildman–Crippen LogP) is 1.68. The van der Waals surface area contributed by atoms with Gasteiger partial charge in [0, 0.05) is 38.3 Å². The van der Waals surface area contributed by atoms with Gasteiger partial charge < -0.3 is 14.4 Å². The average molecular weight is 396 g/mol. The molecule has 0 radical (unpaired) electrons. The summed E-state index contributed by atoms with van der Waals surface area (Å²) in [5, 5.41) is 0. The molecule has 0 bridgehead atoms. The minimum atomic E-state index is -0.571. The number of esters is 2. The monoisotopic (exact) mass is 396 g/mol. The first-order valence-corrected chi connectivity index (χ1v) is 9.46. The van der Waals surface area contributed by atoms with Gasteiger partial charge in [-0.3, -0.25) is 24.1 Å². The van der Waals surface area contributed by atoms with Crippen LogP contribution < -0.4 is 0 Å². The fourth-order valence-electron chi connectivity index (χ4n) is 2.51. The molecule has 28 heavy (non-hydrogen) atoms. The fraction of sp³-hybridized carbons (Fsp3) is 0.700. The molecule has 0 aromatic heterocycles. The van der Waals surface area contributed by atoms with Crippen LogP contribution in [0, 0.1) is 0 Å². The summed E-state index contributed by atoms with van der Waals surface area (Å²) in [4.78, 5) is 50.3. The van der Waals surface area contributed by atoms with E-state index < -0.39 is 11.2 Å². The standard InChI is InChI=1S/C20H32N2O6/c1-19(2,3)27-17(25)9-11-21(12-10-18(26)28-20(4,5)6)13-14-22-15(23)7-8-16(22)24/h7-8H,9-14H2,1-6H3. The van der Waals surface area contributed by atoms with E-state index in [2.05, 4.69) is 0 Å². The average Bonchev–Trinajstić information content (AvgIpc) is 2.82. The summed E-state index contributed by atoms with van der Waals surface area (Å²) in [6, 6.07) is 0. The Morgan fingerprint density at radius 2 is 1.21 bits per heavy atom. The van der Waals surface area contributed by atoms with Crippen molar-refractivity contribution in [3.8, 4) is 0 Å². The van der Waals surface area contributed by atoms with Crippen molar-refractivity contribution in [2.45, 2.75) is 65.6 Å². The van der Waals surface area contributed by atoms with Crippen LogP contribution >= 0.6 is 0 Å². The molecule has 1 aliphatic heterocycles. The smallest absolute Gasteiger partial charge is 0.307 e. The van der Waals surface area contributed by atoms with Gasteiger partial charge in [-0.25, -0.2) is 0 Å². The first kappa shape index (κ1) is 23.8. The molecule has 0 aromatic carbocycles. The Kier molecular flexibility index (Phi) is 8.35. The molecule has 0 saturated heterocycles. The summed E-state index contributed by atoms with van der Waals surface area (Å²) >= 11 is 0. The summed E-state index contributed by atoms with van der Waals surface area (Å²) < 4.78 is 10.6. The van der Waals surface area contributed by atoms with E-state index in [4.69, 9.17) is 9.47 Å². The second kappa shape index (κ2) is 9.82. The Balaban J connectivity index is 2.60. The molecule has 8 heteroatoms. The Morgan fingerprint density at radius 1 is 0.821 bits per heavy atom. The molecule has 0 N–H and O–H groups in total. The summed E-state index contributed by atoms with van der Waals surface area (Å²) in [5.74, 6) is -1.40. The molecular weight excluding hydrogens is 364 g/mol. The number of carbonyl (C=O) groups is 4. The fourth-order valence-corrected chi connectivity index (χ4v) is 2.51. The largest absolute Gasteiger partial charge is 0.460 e. The number of carbonyl (C=O) groups excluding carboxylic acids is 4. The molecule has 0 saturated carbocycles. The summed E-state index contributed by atoms with van der Waals surface area (Å²) in [7, 11) is 0. The lowest BCUT2D eigenvalue weighted by molar-refractivity contribution is -0.155. The molecule has 1 rings (SSSR count). The highest BCUT2D eigenvalue weighted by molar-refractivity contribution is 6.12. The van der Waals surface area contributed by atoms with Gasteiger partial charge in [0.1, 0.15) is 11.2 Å². The molecule has 0 aromatic rings. The normalized spacial score (nSPS) is 14.8. The lowest BCUT2D eigenvalue weighted by atomic mass is 10.2. The molecular formula is C20H32N2O6. The van der Waals surface area contributed by atoms with Crippen LogP contribution in [-0.4, -0.2) is 70.9 Å². The molecule has 1 heterocycles. The third kappa shape index (κ3) is 9.64. The summed E-state index contributed by atoms with van der Waals surface area (Å²) in [6.07, 6.45) is 2.75. The van der Waals surface area contributed by atoms with Crippen molar-refractivity contribution >= 4 is 23.8 Å². The Labute approximate surface area is 166 Å². The Morgan fingerprint density at radius 3 is 1.57 bits per heavy atom. The van der Waals surface area contributed by atoms with Crippen LogP contribution in [0.2, 0.25) is 0 Å². The van der Waals surface area contributed by atoms with Gasteiger partial charge in [0.15, 0.2) is 0 Å². The van der Waals surface area contributed by atoms with Gasteiger partial charge in [0.05, 0.1) is 12.8 Å². The topological polar surface area (TPSA) is 93.2 Å². The van der Waals surface area contributed by atoms with Crippen LogP contribution in [0.4, 0.5) is 0 Å². The number of amides is 2. The number of imide groups is 1. The zero-order valence-electron chi connectivity index (χ0n) is 17.7. The number of hydrogen-bond donors (Lipinski definition) is 0. The SMILES string of the molecule is CC(C)(C)OC(=O)CCN(CCC(=O)OC(C)(C)C)CCN1C(=O)C=CC1=O. The van der Waals surface area contributed by atoms with Crippen LogP contribution in [0.15, 0.2) is 12.2 Å². The molecule has 8 nitrogen and oxygen atoms in total. The van der Waals surface area contributed by atoms with E-state index in [1.807, 2.05) is 4.90 Å². The zero-order chi connectivity index (χ0) is 21.5.